The van der Waals surface area contributed by atoms with Gasteiger partial charge in [0.2, 0.25) is 0 Å². The van der Waals surface area contributed by atoms with Gasteiger partial charge in [0.1, 0.15) is 0 Å². The molecule has 0 aromatic heterocycles. The molecule has 0 unspecified atom stereocenters. The fourth-order valence-electron chi connectivity index (χ4n) is 0.254. The van der Waals surface area contributed by atoms with E-state index in [0.717, 1.165) is 5.57 Å². The van der Waals surface area contributed by atoms with Crippen LogP contribution in [0.15, 0.2) is 49.6 Å². The molecule has 0 saturated carbocycles. The van der Waals surface area contributed by atoms with Gasteiger partial charge in [-0.3, -0.25) is 0 Å². The van der Waals surface area contributed by atoms with Crippen molar-refractivity contribution in [3.63, 3.8) is 0 Å². The van der Waals surface area contributed by atoms with Gasteiger partial charge in [-0.25, -0.2) is 0 Å². The van der Waals surface area contributed by atoms with Gasteiger partial charge >= 0.3 is 0 Å². The third kappa shape index (κ3) is 69.3. The van der Waals surface area contributed by atoms with Crippen molar-refractivity contribution in [3.8, 4) is 0 Å². The molecule has 0 bridgehead atoms. The van der Waals surface area contributed by atoms with Crippen LogP contribution in [0.2, 0.25) is 0 Å². The highest BCUT2D eigenvalue weighted by Crippen LogP contribution is 1.90. The maximum absolute atomic E-state index is 3.56. The quantitative estimate of drug-likeness (QED) is 0.401. The lowest BCUT2D eigenvalue weighted by Gasteiger charge is -1.80. The van der Waals surface area contributed by atoms with E-state index in [2.05, 4.69) is 19.7 Å². The van der Waals surface area contributed by atoms with Gasteiger partial charge in [-0.15, -0.1) is 6.58 Å². The smallest absolute Gasteiger partial charge is 0.0398 e. The Morgan fingerprint density at radius 2 is 1.21 bits per heavy atom. The zero-order valence-electron chi connectivity index (χ0n) is 10.9. The monoisotopic (exact) mass is 196 g/mol. The highest BCUT2D eigenvalue weighted by molar-refractivity contribution is 5.17. The van der Waals surface area contributed by atoms with Crippen LogP contribution in [-0.2, 0) is 0 Å². The summed E-state index contributed by atoms with van der Waals surface area (Å²) in [7, 11) is 0. The van der Waals surface area contributed by atoms with Gasteiger partial charge in [-0.1, -0.05) is 70.7 Å². The van der Waals surface area contributed by atoms with Crippen molar-refractivity contribution in [2.45, 2.75) is 41.5 Å². The molecular weight excluding hydrogens is 168 g/mol. The molecule has 0 fully saturated rings. The molecule has 0 heteroatoms. The minimum atomic E-state index is 1.15. The first-order valence-corrected chi connectivity index (χ1v) is 5.21. The summed E-state index contributed by atoms with van der Waals surface area (Å²) < 4.78 is 0. The van der Waals surface area contributed by atoms with Gasteiger partial charge < -0.3 is 0 Å². The molecular formula is C14H28. The Morgan fingerprint density at radius 3 is 1.29 bits per heavy atom. The Morgan fingerprint density at radius 1 is 0.929 bits per heavy atom. The van der Waals surface area contributed by atoms with Gasteiger partial charge in [-0.2, -0.15) is 0 Å². The molecule has 0 nitrogen and oxygen atoms in total. The minimum Gasteiger partial charge on any atom is -0.103 e. The average molecular weight is 196 g/mol. The summed E-state index contributed by atoms with van der Waals surface area (Å²) in [5, 5.41) is 0. The molecule has 0 aromatic rings. The van der Waals surface area contributed by atoms with Crippen molar-refractivity contribution in [1.29, 1.82) is 0 Å². The summed E-state index contributed by atoms with van der Waals surface area (Å²) in [5.41, 5.74) is 1.15. The zero-order chi connectivity index (χ0) is 12.4. The van der Waals surface area contributed by atoms with Gasteiger partial charge in [0.15, 0.2) is 0 Å². The summed E-state index contributed by atoms with van der Waals surface area (Å²) in [6.07, 6.45) is 7.20. The topological polar surface area (TPSA) is 0 Å². The molecule has 14 heavy (non-hydrogen) atoms. The van der Waals surface area contributed by atoms with E-state index in [-0.39, 0.29) is 0 Å². The van der Waals surface area contributed by atoms with Crippen LogP contribution in [0.1, 0.15) is 41.5 Å². The first-order valence-electron chi connectivity index (χ1n) is 5.21. The molecule has 84 valence electrons. The molecule has 0 rings (SSSR count). The second kappa shape index (κ2) is 40.4. The lowest BCUT2D eigenvalue weighted by molar-refractivity contribution is 1.50. The minimum absolute atomic E-state index is 1.15. The van der Waals surface area contributed by atoms with Crippen LogP contribution in [0.3, 0.4) is 0 Å². The van der Waals surface area contributed by atoms with E-state index in [9.17, 15) is 0 Å². The summed E-state index contributed by atoms with van der Waals surface area (Å²) in [5.74, 6) is 0. The van der Waals surface area contributed by atoms with Gasteiger partial charge in [0.05, 0.1) is 0 Å². The van der Waals surface area contributed by atoms with E-state index in [0.29, 0.717) is 0 Å². The number of hydrogen-bond donors (Lipinski definition) is 0. The molecule has 0 amide bonds. The molecule has 0 aromatic carbocycles. The second-order valence-electron chi connectivity index (χ2n) is 1.76. The maximum Gasteiger partial charge on any atom is -0.0398 e. The second-order valence-corrected chi connectivity index (χ2v) is 1.76. The van der Waals surface area contributed by atoms with Crippen LogP contribution < -0.4 is 0 Å². The molecule has 0 aliphatic carbocycles. The molecule has 0 heterocycles. The Hall–Kier alpha value is -1.04. The van der Waals surface area contributed by atoms with E-state index in [1.807, 2.05) is 47.6 Å². The summed E-state index contributed by atoms with van der Waals surface area (Å²) in [6, 6.07) is 0. The normalized spacial score (nSPS) is 7.14. The van der Waals surface area contributed by atoms with Crippen LogP contribution in [0, 0.1) is 0 Å². The molecule has 0 N–H and O–H groups in total. The highest BCUT2D eigenvalue weighted by atomic mass is 13.8. The predicted octanol–water partition coefficient (Wildman–Crippen LogP) is 5.55. The fourth-order valence-corrected chi connectivity index (χ4v) is 0.254. The third-order valence-corrected chi connectivity index (χ3v) is 0.703. The van der Waals surface area contributed by atoms with E-state index in [1.165, 1.54) is 0 Å². The Kier molecular flexibility index (Phi) is 66.7. The standard InChI is InChI=1S/C7H10.C3H6.2C2H6/c1-4-6-7(3)5-2;1-3-2;2*1-2/h4-6H,1-2H2,3H3;3H,1H2,2H3;2*1-2H3/b7-6-;;;. The molecule has 0 atom stereocenters. The zero-order valence-corrected chi connectivity index (χ0v) is 10.9. The van der Waals surface area contributed by atoms with E-state index >= 15 is 0 Å². The van der Waals surface area contributed by atoms with E-state index in [4.69, 9.17) is 0 Å². The van der Waals surface area contributed by atoms with Crippen molar-refractivity contribution in [2.75, 3.05) is 0 Å². The van der Waals surface area contributed by atoms with Gasteiger partial charge in [-0.05, 0) is 13.8 Å². The van der Waals surface area contributed by atoms with Crippen molar-refractivity contribution < 1.29 is 0 Å². The van der Waals surface area contributed by atoms with Gasteiger partial charge in [0.25, 0.3) is 0 Å². The van der Waals surface area contributed by atoms with Crippen LogP contribution in [0.4, 0.5) is 0 Å². The van der Waals surface area contributed by atoms with E-state index < -0.39 is 0 Å². The first kappa shape index (κ1) is 23.1. The molecule has 0 aliphatic rings. The Balaban J connectivity index is -0.0000000603. The number of hydrogen-bond acceptors (Lipinski definition) is 0. The lowest BCUT2D eigenvalue weighted by atomic mass is 10.3. The SMILES string of the molecule is C=C/C=C(/C)C=C.C=CC.CC.CC. The first-order chi connectivity index (χ1) is 6.72. The van der Waals surface area contributed by atoms with Crippen molar-refractivity contribution in [3.05, 3.63) is 49.6 Å². The van der Waals surface area contributed by atoms with Gasteiger partial charge in [0, 0.05) is 0 Å². The number of rotatable bonds is 2. The largest absolute Gasteiger partial charge is 0.103 e. The molecule has 0 spiro atoms. The van der Waals surface area contributed by atoms with Crippen molar-refractivity contribution in [2.24, 2.45) is 0 Å². The highest BCUT2D eigenvalue weighted by Gasteiger charge is 1.68. The fraction of sp³-hybridized carbons (Fsp3) is 0.429. The van der Waals surface area contributed by atoms with Crippen LogP contribution in [0.5, 0.6) is 0 Å². The number of allylic oxidation sites excluding steroid dienone is 5. The molecule has 0 radical (unpaired) electrons. The lowest BCUT2D eigenvalue weighted by Crippen LogP contribution is -1.58. The average Bonchev–Trinajstić information content (AvgIpc) is 2.25. The third-order valence-electron chi connectivity index (χ3n) is 0.703. The molecule has 0 saturated heterocycles. The Bertz CT molecular complexity index is 127. The van der Waals surface area contributed by atoms with Crippen LogP contribution >= 0.6 is 0 Å². The predicted molar refractivity (Wildman–Crippen MR) is 72.7 cm³/mol. The molecule has 0 aliphatic heterocycles. The van der Waals surface area contributed by atoms with Crippen LogP contribution in [-0.4, -0.2) is 0 Å². The van der Waals surface area contributed by atoms with Crippen molar-refractivity contribution in [1.82, 2.24) is 0 Å². The Labute approximate surface area is 91.7 Å². The summed E-state index contributed by atoms with van der Waals surface area (Å²) in [6.45, 7) is 22.3. The van der Waals surface area contributed by atoms with Crippen LogP contribution in [0.25, 0.3) is 0 Å². The van der Waals surface area contributed by atoms with Crippen molar-refractivity contribution >= 4 is 0 Å². The summed E-state index contributed by atoms with van der Waals surface area (Å²) in [4.78, 5) is 0. The van der Waals surface area contributed by atoms with E-state index in [1.54, 1.807) is 18.2 Å². The summed E-state index contributed by atoms with van der Waals surface area (Å²) >= 11 is 0. The maximum atomic E-state index is 3.56.